The van der Waals surface area contributed by atoms with Gasteiger partial charge in [0.05, 0.1) is 29.4 Å². The van der Waals surface area contributed by atoms with Crippen molar-refractivity contribution in [2.24, 2.45) is 0 Å². The average molecular weight is 457 g/mol. The van der Waals surface area contributed by atoms with Crippen molar-refractivity contribution in [3.05, 3.63) is 76.5 Å². The van der Waals surface area contributed by atoms with Crippen LogP contribution < -0.4 is 10.6 Å². The number of carbonyl (C=O) groups excluding carboxylic acids is 2. The molecule has 2 amide bonds. The van der Waals surface area contributed by atoms with Crippen LogP contribution in [0.2, 0.25) is 0 Å². The number of aryl methyl sites for hydroxylation is 1. The normalized spacial score (nSPS) is 16.9. The van der Waals surface area contributed by atoms with Gasteiger partial charge in [-0.2, -0.15) is 0 Å². The number of benzene rings is 2. The summed E-state index contributed by atoms with van der Waals surface area (Å²) in [5.41, 5.74) is 2.61. The number of ether oxygens (including phenoxy) is 1. The Balaban J connectivity index is 2.04. The van der Waals surface area contributed by atoms with E-state index in [0.717, 1.165) is 11.1 Å². The molecule has 3 rings (SSSR count). The summed E-state index contributed by atoms with van der Waals surface area (Å²) >= 11 is 0. The fourth-order valence-electron chi connectivity index (χ4n) is 3.53. The fourth-order valence-corrected chi connectivity index (χ4v) is 4.85. The van der Waals surface area contributed by atoms with E-state index >= 15 is 0 Å². The summed E-state index contributed by atoms with van der Waals surface area (Å²) in [6, 6.07) is 12.5. The van der Waals surface area contributed by atoms with Crippen LogP contribution in [0.25, 0.3) is 0 Å². The lowest BCUT2D eigenvalue weighted by Gasteiger charge is -2.29. The molecule has 0 radical (unpaired) electrons. The molecule has 2 aromatic rings. The molecule has 0 aliphatic carbocycles. The molecule has 1 heterocycles. The van der Waals surface area contributed by atoms with Crippen LogP contribution >= 0.6 is 0 Å². The van der Waals surface area contributed by atoms with Gasteiger partial charge in [0.1, 0.15) is 0 Å². The molecule has 1 atom stereocenters. The number of hydrogen-bond acceptors (Lipinski definition) is 5. The number of nitrogens with one attached hydrogen (secondary N) is 2. The van der Waals surface area contributed by atoms with Gasteiger partial charge < -0.3 is 15.4 Å². The van der Waals surface area contributed by atoms with E-state index in [1.165, 1.54) is 7.11 Å². The Bertz CT molecular complexity index is 1160. The topological polar surface area (TPSA) is 102 Å². The molecule has 0 bridgehead atoms. The minimum atomic E-state index is -3.84. The lowest BCUT2D eigenvalue weighted by Crippen LogP contribution is -2.47. The summed E-state index contributed by atoms with van der Waals surface area (Å²) in [4.78, 5) is 25.1. The van der Waals surface area contributed by atoms with Gasteiger partial charge in [-0.25, -0.2) is 18.0 Å². The Labute approximate surface area is 188 Å². The molecule has 2 N–H and O–H groups in total. The van der Waals surface area contributed by atoms with Gasteiger partial charge in [-0.05, 0) is 35.6 Å². The van der Waals surface area contributed by atoms with Crippen LogP contribution in [0, 0.1) is 6.92 Å². The van der Waals surface area contributed by atoms with Crippen molar-refractivity contribution in [1.29, 1.82) is 0 Å². The molecule has 1 aliphatic rings. The Kier molecular flexibility index (Phi) is 6.46. The maximum absolute atomic E-state index is 13.2. The summed E-state index contributed by atoms with van der Waals surface area (Å²) in [6.45, 7) is 8.05. The largest absolute Gasteiger partial charge is 0.466 e. The molecule has 1 aliphatic heterocycles. The van der Waals surface area contributed by atoms with E-state index in [1.54, 1.807) is 36.4 Å². The zero-order valence-corrected chi connectivity index (χ0v) is 19.7. The Morgan fingerprint density at radius 3 is 2.16 bits per heavy atom. The second-order valence-corrected chi connectivity index (χ2v) is 10.8. The SMILES string of the molecule is COC(=O)C1=C(CS(=O)(=O)c2ccc(C(C)(C)C)cc2)NC(=O)N[C@@H]1c1ccc(C)cc1. The quantitative estimate of drug-likeness (QED) is 0.670. The molecular weight excluding hydrogens is 428 g/mol. The molecule has 0 aromatic heterocycles. The molecule has 7 nitrogen and oxygen atoms in total. The number of urea groups is 1. The van der Waals surface area contributed by atoms with Crippen molar-refractivity contribution >= 4 is 21.8 Å². The van der Waals surface area contributed by atoms with Crippen LogP contribution in [-0.4, -0.2) is 33.3 Å². The Morgan fingerprint density at radius 2 is 1.62 bits per heavy atom. The average Bonchev–Trinajstić information content (AvgIpc) is 2.72. The summed E-state index contributed by atoms with van der Waals surface area (Å²) in [5.74, 6) is -1.25. The third-order valence-electron chi connectivity index (χ3n) is 5.38. The summed E-state index contributed by atoms with van der Waals surface area (Å²) in [6.07, 6.45) is 0. The van der Waals surface area contributed by atoms with Gasteiger partial charge in [-0.3, -0.25) is 0 Å². The summed E-state index contributed by atoms with van der Waals surface area (Å²) in [5, 5.41) is 5.20. The molecule has 0 saturated carbocycles. The van der Waals surface area contributed by atoms with Crippen LogP contribution in [0.1, 0.15) is 43.5 Å². The minimum Gasteiger partial charge on any atom is -0.466 e. The Hall–Kier alpha value is -3.13. The third kappa shape index (κ3) is 5.02. The third-order valence-corrected chi connectivity index (χ3v) is 7.04. The number of amides is 2. The molecule has 0 unspecified atom stereocenters. The first-order valence-electron chi connectivity index (χ1n) is 10.2. The molecule has 0 saturated heterocycles. The standard InChI is InChI=1S/C24H28N2O5S/c1-15-6-8-16(9-7-15)21-20(22(27)31-5)19(25-23(28)26-21)14-32(29,30)18-12-10-17(11-13-18)24(2,3)4/h6-13,21H,14H2,1-5H3,(H2,25,26,28)/t21-/m1/s1. The van der Waals surface area contributed by atoms with Gasteiger partial charge >= 0.3 is 12.0 Å². The van der Waals surface area contributed by atoms with Crippen LogP contribution in [0.15, 0.2) is 64.7 Å². The summed E-state index contributed by atoms with van der Waals surface area (Å²) < 4.78 is 31.2. The van der Waals surface area contributed by atoms with Gasteiger partial charge in [-0.15, -0.1) is 0 Å². The predicted octanol–water partition coefficient (Wildman–Crippen LogP) is 3.55. The zero-order valence-electron chi connectivity index (χ0n) is 18.9. The van der Waals surface area contributed by atoms with Crippen LogP contribution in [0.4, 0.5) is 4.79 Å². The van der Waals surface area contributed by atoms with E-state index in [9.17, 15) is 18.0 Å². The highest BCUT2D eigenvalue weighted by molar-refractivity contribution is 7.91. The van der Waals surface area contributed by atoms with E-state index in [1.807, 2.05) is 39.8 Å². The monoisotopic (exact) mass is 456 g/mol. The van der Waals surface area contributed by atoms with E-state index in [0.29, 0.717) is 5.56 Å². The van der Waals surface area contributed by atoms with Gasteiger partial charge in [0.15, 0.2) is 9.84 Å². The second-order valence-electron chi connectivity index (χ2n) is 8.86. The van der Waals surface area contributed by atoms with Crippen molar-refractivity contribution in [2.45, 2.75) is 44.0 Å². The molecule has 32 heavy (non-hydrogen) atoms. The van der Waals surface area contributed by atoms with E-state index < -0.39 is 33.6 Å². The number of rotatable bonds is 5. The van der Waals surface area contributed by atoms with Crippen molar-refractivity contribution in [3.63, 3.8) is 0 Å². The number of esters is 1. The van der Waals surface area contributed by atoms with Crippen LogP contribution in [-0.2, 0) is 24.8 Å². The second kappa shape index (κ2) is 8.78. The maximum atomic E-state index is 13.2. The van der Waals surface area contributed by atoms with Gasteiger partial charge in [0, 0.05) is 5.70 Å². The number of carbonyl (C=O) groups is 2. The van der Waals surface area contributed by atoms with Gasteiger partial charge in [0.25, 0.3) is 0 Å². The van der Waals surface area contributed by atoms with Crippen molar-refractivity contribution in [2.75, 3.05) is 12.9 Å². The Morgan fingerprint density at radius 1 is 1.03 bits per heavy atom. The molecular formula is C24H28N2O5S. The molecule has 0 fully saturated rings. The van der Waals surface area contributed by atoms with Crippen LogP contribution in [0.5, 0.6) is 0 Å². The molecule has 8 heteroatoms. The number of hydrogen-bond donors (Lipinski definition) is 2. The lowest BCUT2D eigenvalue weighted by molar-refractivity contribution is -0.136. The molecule has 2 aromatic carbocycles. The highest BCUT2D eigenvalue weighted by Gasteiger charge is 2.35. The number of methoxy groups -OCH3 is 1. The molecule has 170 valence electrons. The van der Waals surface area contributed by atoms with Gasteiger partial charge in [-0.1, -0.05) is 62.7 Å². The predicted molar refractivity (Wildman–Crippen MR) is 122 cm³/mol. The highest BCUT2D eigenvalue weighted by atomic mass is 32.2. The van der Waals surface area contributed by atoms with Crippen molar-refractivity contribution in [1.82, 2.24) is 10.6 Å². The maximum Gasteiger partial charge on any atom is 0.338 e. The number of sulfone groups is 1. The minimum absolute atomic E-state index is 0.00562. The summed E-state index contributed by atoms with van der Waals surface area (Å²) in [7, 11) is -2.62. The van der Waals surface area contributed by atoms with Gasteiger partial charge in [0.2, 0.25) is 0 Å². The smallest absolute Gasteiger partial charge is 0.338 e. The van der Waals surface area contributed by atoms with Crippen LogP contribution in [0.3, 0.4) is 0 Å². The first kappa shape index (κ1) is 23.5. The highest BCUT2D eigenvalue weighted by Crippen LogP contribution is 2.30. The molecule has 0 spiro atoms. The van der Waals surface area contributed by atoms with Crippen molar-refractivity contribution < 1.29 is 22.7 Å². The van der Waals surface area contributed by atoms with E-state index in [2.05, 4.69) is 10.6 Å². The lowest BCUT2D eigenvalue weighted by atomic mass is 9.87. The van der Waals surface area contributed by atoms with E-state index in [4.69, 9.17) is 4.74 Å². The zero-order chi connectivity index (χ0) is 23.7. The van der Waals surface area contributed by atoms with E-state index in [-0.39, 0.29) is 21.6 Å². The first-order chi connectivity index (χ1) is 14.9. The fraction of sp³-hybridized carbons (Fsp3) is 0.333. The first-order valence-corrected chi connectivity index (χ1v) is 11.9. The van der Waals surface area contributed by atoms with Crippen molar-refractivity contribution in [3.8, 4) is 0 Å².